The van der Waals surface area contributed by atoms with Gasteiger partial charge in [-0.25, -0.2) is 9.97 Å². The lowest BCUT2D eigenvalue weighted by atomic mass is 10.1. The maximum absolute atomic E-state index is 12.4. The molecule has 4 heterocycles. The summed E-state index contributed by atoms with van der Waals surface area (Å²) in [4.78, 5) is 28.8. The average Bonchev–Trinajstić information content (AvgIpc) is 3.28. The van der Waals surface area contributed by atoms with Gasteiger partial charge in [0.15, 0.2) is 0 Å². The highest BCUT2D eigenvalue weighted by Gasteiger charge is 2.36. The number of imidazole rings is 1. The van der Waals surface area contributed by atoms with Crippen LogP contribution in [-0.2, 0) is 17.9 Å². The second kappa shape index (κ2) is 8.16. The van der Waals surface area contributed by atoms with Crippen molar-refractivity contribution in [3.63, 3.8) is 0 Å². The highest BCUT2D eigenvalue weighted by atomic mass is 16.2. The summed E-state index contributed by atoms with van der Waals surface area (Å²) in [5, 5.41) is 9.28. The number of aromatic nitrogens is 4. The fourth-order valence-corrected chi connectivity index (χ4v) is 5.28. The molecule has 0 bridgehead atoms. The summed E-state index contributed by atoms with van der Waals surface area (Å²) in [6, 6.07) is 17.0. The van der Waals surface area contributed by atoms with Crippen molar-refractivity contribution in [1.29, 1.82) is 0 Å². The molecule has 1 saturated heterocycles. The van der Waals surface area contributed by atoms with Crippen molar-refractivity contribution in [3.8, 4) is 17.2 Å². The zero-order valence-electron chi connectivity index (χ0n) is 19.4. The van der Waals surface area contributed by atoms with E-state index in [0.717, 1.165) is 74.0 Å². The third-order valence-electron chi connectivity index (χ3n) is 7.28. The number of rotatable bonds is 5. The average molecular weight is 466 g/mol. The Balaban J connectivity index is 1.21. The molecule has 8 heteroatoms. The number of carbonyl (C=O) groups excluding carboxylic acids is 1. The van der Waals surface area contributed by atoms with E-state index in [2.05, 4.69) is 62.6 Å². The molecule has 7 rings (SSSR count). The fraction of sp³-hybridized carbons (Fsp3) is 0.333. The van der Waals surface area contributed by atoms with Crippen molar-refractivity contribution in [2.75, 3.05) is 18.4 Å². The number of nitrogens with one attached hydrogen (secondary N) is 2. The summed E-state index contributed by atoms with van der Waals surface area (Å²) in [6.07, 6.45) is 4.80. The van der Waals surface area contributed by atoms with Crippen LogP contribution in [0.5, 0.6) is 0 Å². The minimum Gasteiger partial charge on any atom is -0.350 e. The first-order valence-corrected chi connectivity index (χ1v) is 12.4. The van der Waals surface area contributed by atoms with Gasteiger partial charge in [-0.1, -0.05) is 36.4 Å². The molecule has 0 radical (unpaired) electrons. The minimum atomic E-state index is 0.170. The Morgan fingerprint density at radius 2 is 1.89 bits per heavy atom. The molecular formula is C27H27N7O. The summed E-state index contributed by atoms with van der Waals surface area (Å²) in [5.74, 6) is 2.86. The first-order chi connectivity index (χ1) is 17.2. The van der Waals surface area contributed by atoms with Gasteiger partial charge in [-0.3, -0.25) is 9.36 Å². The van der Waals surface area contributed by atoms with E-state index in [9.17, 15) is 4.79 Å². The first-order valence-electron chi connectivity index (χ1n) is 12.4. The first kappa shape index (κ1) is 20.6. The van der Waals surface area contributed by atoms with Crippen molar-refractivity contribution in [2.24, 2.45) is 5.92 Å². The topological polar surface area (TPSA) is 88.0 Å². The zero-order valence-corrected chi connectivity index (χ0v) is 19.4. The molecule has 8 nitrogen and oxygen atoms in total. The Bertz CT molecular complexity index is 1440. The van der Waals surface area contributed by atoms with Gasteiger partial charge in [-0.2, -0.15) is 4.98 Å². The lowest BCUT2D eigenvalue weighted by Gasteiger charge is -2.17. The van der Waals surface area contributed by atoms with Crippen molar-refractivity contribution in [2.45, 2.75) is 38.4 Å². The molecule has 2 fully saturated rings. The molecule has 0 spiro atoms. The third-order valence-corrected chi connectivity index (χ3v) is 7.28. The molecule has 3 aliphatic rings. The lowest BCUT2D eigenvalue weighted by Crippen LogP contribution is -2.32. The molecule has 1 saturated carbocycles. The number of amides is 1. The summed E-state index contributed by atoms with van der Waals surface area (Å²) in [5.41, 5.74) is 3.27. The maximum atomic E-state index is 12.4. The van der Waals surface area contributed by atoms with Gasteiger partial charge in [0.05, 0.1) is 11.4 Å². The van der Waals surface area contributed by atoms with Crippen LogP contribution in [-0.4, -0.2) is 49.5 Å². The second-order valence-corrected chi connectivity index (χ2v) is 9.76. The van der Waals surface area contributed by atoms with Crippen LogP contribution < -0.4 is 10.6 Å². The van der Waals surface area contributed by atoms with Crippen molar-refractivity contribution < 1.29 is 4.79 Å². The predicted octanol–water partition coefficient (Wildman–Crippen LogP) is 3.51. The number of nitrogens with zero attached hydrogens (tertiary/aromatic N) is 5. The zero-order chi connectivity index (χ0) is 23.4. The Kier molecular flexibility index (Phi) is 4.80. The molecule has 2 aromatic carbocycles. The largest absolute Gasteiger partial charge is 0.350 e. The van der Waals surface area contributed by atoms with E-state index < -0.39 is 0 Å². The predicted molar refractivity (Wildman–Crippen MR) is 134 cm³/mol. The van der Waals surface area contributed by atoms with Crippen LogP contribution in [0.25, 0.3) is 28.0 Å². The van der Waals surface area contributed by atoms with Gasteiger partial charge in [0.1, 0.15) is 11.6 Å². The van der Waals surface area contributed by atoms with Gasteiger partial charge in [0, 0.05) is 49.9 Å². The van der Waals surface area contributed by atoms with E-state index in [-0.39, 0.29) is 12.0 Å². The number of benzene rings is 2. The van der Waals surface area contributed by atoms with Crippen LogP contribution in [0.2, 0.25) is 0 Å². The number of fused-ring (bicyclic) bond motifs is 2. The van der Waals surface area contributed by atoms with E-state index in [4.69, 9.17) is 9.97 Å². The fourth-order valence-electron chi connectivity index (χ4n) is 5.28. The highest BCUT2D eigenvalue weighted by Crippen LogP contribution is 2.33. The smallest absolute Gasteiger partial charge is 0.225 e. The molecule has 1 amide bonds. The quantitative estimate of drug-likeness (QED) is 0.469. The Morgan fingerprint density at radius 1 is 1.00 bits per heavy atom. The molecule has 4 aromatic rings. The van der Waals surface area contributed by atoms with E-state index in [1.54, 1.807) is 6.20 Å². The summed E-state index contributed by atoms with van der Waals surface area (Å²) in [6.45, 7) is 3.03. The van der Waals surface area contributed by atoms with Crippen molar-refractivity contribution in [1.82, 2.24) is 29.7 Å². The third kappa shape index (κ3) is 3.74. The second-order valence-electron chi connectivity index (χ2n) is 9.76. The van der Waals surface area contributed by atoms with Gasteiger partial charge < -0.3 is 15.5 Å². The molecule has 1 aliphatic carbocycles. The minimum absolute atomic E-state index is 0.170. The van der Waals surface area contributed by atoms with Gasteiger partial charge >= 0.3 is 0 Å². The number of hydrogen-bond donors (Lipinski definition) is 2. The summed E-state index contributed by atoms with van der Waals surface area (Å²) in [7, 11) is 0. The van der Waals surface area contributed by atoms with E-state index in [1.165, 1.54) is 10.8 Å². The van der Waals surface area contributed by atoms with Gasteiger partial charge in [-0.05, 0) is 42.2 Å². The summed E-state index contributed by atoms with van der Waals surface area (Å²) < 4.78 is 2.16. The standard InChI is InChI=1S/C27H27N7O/c35-26(18-6-7-18)33-12-10-21(16-33)30-27-29-11-9-24(32-27)34-23-15-28-14-22(23)31-25(34)20-8-5-17-3-1-2-4-19(17)13-20/h1-5,8-9,11,13,18,21,28H,6-7,10,12,14-16H2,(H,29,30,32)/t21-/m0/s1. The molecular weight excluding hydrogens is 438 g/mol. The number of likely N-dealkylation sites (tertiary alicyclic amines) is 1. The lowest BCUT2D eigenvalue weighted by molar-refractivity contribution is -0.131. The molecule has 2 N–H and O–H groups in total. The SMILES string of the molecule is O=C(C1CC1)N1CC[C@H](Nc2nccc(-n3c(-c4ccc5ccccc5c4)nc4c3CNC4)n2)C1. The van der Waals surface area contributed by atoms with E-state index >= 15 is 0 Å². The normalized spacial score (nSPS) is 19.3. The molecule has 1 atom stereocenters. The van der Waals surface area contributed by atoms with Crippen LogP contribution in [0.3, 0.4) is 0 Å². The Morgan fingerprint density at radius 3 is 2.77 bits per heavy atom. The van der Waals surface area contributed by atoms with Crippen LogP contribution in [0, 0.1) is 5.92 Å². The van der Waals surface area contributed by atoms with Crippen LogP contribution in [0.4, 0.5) is 5.95 Å². The molecule has 0 unspecified atom stereocenters. The van der Waals surface area contributed by atoms with Crippen LogP contribution in [0.15, 0.2) is 54.7 Å². The van der Waals surface area contributed by atoms with E-state index in [0.29, 0.717) is 11.9 Å². The molecule has 176 valence electrons. The van der Waals surface area contributed by atoms with Gasteiger partial charge in [-0.15, -0.1) is 0 Å². The maximum Gasteiger partial charge on any atom is 0.225 e. The molecule has 35 heavy (non-hydrogen) atoms. The molecule has 2 aliphatic heterocycles. The monoisotopic (exact) mass is 465 g/mol. The van der Waals surface area contributed by atoms with Gasteiger partial charge in [0.25, 0.3) is 0 Å². The Labute approximate surface area is 203 Å². The van der Waals surface area contributed by atoms with Crippen LogP contribution in [0.1, 0.15) is 30.7 Å². The summed E-state index contributed by atoms with van der Waals surface area (Å²) >= 11 is 0. The molecule has 2 aromatic heterocycles. The van der Waals surface area contributed by atoms with Crippen LogP contribution >= 0.6 is 0 Å². The number of anilines is 1. The highest BCUT2D eigenvalue weighted by molar-refractivity contribution is 5.86. The van der Waals surface area contributed by atoms with Crippen molar-refractivity contribution in [3.05, 3.63) is 66.1 Å². The number of carbonyl (C=O) groups is 1. The van der Waals surface area contributed by atoms with Crippen molar-refractivity contribution >= 4 is 22.6 Å². The number of hydrogen-bond acceptors (Lipinski definition) is 6. The van der Waals surface area contributed by atoms with Gasteiger partial charge in [0.2, 0.25) is 11.9 Å². The van der Waals surface area contributed by atoms with E-state index in [1.807, 2.05) is 11.0 Å². The Hall–Kier alpha value is -3.78.